The molecule has 0 fully saturated rings. The van der Waals surface area contributed by atoms with Crippen LogP contribution < -0.4 is 0 Å². The fourth-order valence-corrected chi connectivity index (χ4v) is 1.12. The van der Waals surface area contributed by atoms with E-state index >= 15 is 0 Å². The zero-order chi connectivity index (χ0) is 9.84. The average molecular weight is 201 g/mol. The number of methoxy groups -OCH3 is 1. The Morgan fingerprint density at radius 2 is 2.00 bits per heavy atom. The molecule has 0 aliphatic heterocycles. The fourth-order valence-electron chi connectivity index (χ4n) is 0.883. The van der Waals surface area contributed by atoms with E-state index < -0.39 is 11.3 Å². The average Bonchev–Trinajstić information content (AvgIpc) is 2.17. The van der Waals surface area contributed by atoms with Crippen LogP contribution in [0.15, 0.2) is 24.3 Å². The van der Waals surface area contributed by atoms with Crippen LogP contribution in [0, 0.1) is 0 Å². The number of hydrogen-bond donors (Lipinski definition) is 1. The second-order valence-electron chi connectivity index (χ2n) is 2.48. The number of esters is 1. The van der Waals surface area contributed by atoms with Gasteiger partial charge in [0.2, 0.25) is 0 Å². The molecule has 1 unspecified atom stereocenters. The molecule has 0 heterocycles. The van der Waals surface area contributed by atoms with Gasteiger partial charge in [0.05, 0.1) is 7.11 Å². The van der Waals surface area contributed by atoms with E-state index in [1.165, 1.54) is 19.2 Å². The van der Waals surface area contributed by atoms with Crippen LogP contribution in [0.1, 0.15) is 10.9 Å². The summed E-state index contributed by atoms with van der Waals surface area (Å²) in [6.45, 7) is 0. The maximum Gasteiger partial charge on any atom is 0.328 e. The lowest BCUT2D eigenvalue weighted by Gasteiger charge is -2.06. The number of alkyl halides is 1. The second kappa shape index (κ2) is 4.14. The Balaban J connectivity index is 2.83. The van der Waals surface area contributed by atoms with E-state index in [1.54, 1.807) is 12.1 Å². The van der Waals surface area contributed by atoms with E-state index in [1.807, 2.05) is 0 Å². The molecule has 0 radical (unpaired) electrons. The first kappa shape index (κ1) is 9.86. The van der Waals surface area contributed by atoms with Gasteiger partial charge in [-0.1, -0.05) is 12.1 Å². The van der Waals surface area contributed by atoms with Gasteiger partial charge >= 0.3 is 5.97 Å². The molecule has 0 aliphatic carbocycles. The molecule has 0 bridgehead atoms. The molecule has 1 N–H and O–H groups in total. The summed E-state index contributed by atoms with van der Waals surface area (Å²) in [5, 5.41) is 8.16. The van der Waals surface area contributed by atoms with Gasteiger partial charge < -0.3 is 9.84 Å². The standard InChI is InChI=1S/C9H9ClO3/c1-13-9(12)8(10)6-2-4-7(11)5-3-6/h2-5,8,11H,1H3. The highest BCUT2D eigenvalue weighted by atomic mass is 35.5. The van der Waals surface area contributed by atoms with Gasteiger partial charge in [0, 0.05) is 0 Å². The minimum absolute atomic E-state index is 0.137. The van der Waals surface area contributed by atoms with Crippen molar-refractivity contribution in [3.05, 3.63) is 29.8 Å². The van der Waals surface area contributed by atoms with E-state index in [4.69, 9.17) is 16.7 Å². The number of rotatable bonds is 2. The van der Waals surface area contributed by atoms with E-state index in [2.05, 4.69) is 4.74 Å². The Bertz CT molecular complexity index is 294. The Morgan fingerprint density at radius 1 is 1.46 bits per heavy atom. The van der Waals surface area contributed by atoms with Crippen molar-refractivity contribution in [1.29, 1.82) is 0 Å². The minimum Gasteiger partial charge on any atom is -0.508 e. The highest BCUT2D eigenvalue weighted by molar-refractivity contribution is 6.29. The van der Waals surface area contributed by atoms with E-state index in [0.29, 0.717) is 5.56 Å². The molecule has 4 heteroatoms. The largest absolute Gasteiger partial charge is 0.508 e. The van der Waals surface area contributed by atoms with Crippen LogP contribution in [-0.4, -0.2) is 18.2 Å². The van der Waals surface area contributed by atoms with Crippen LogP contribution in [0.3, 0.4) is 0 Å². The summed E-state index contributed by atoms with van der Waals surface area (Å²) in [4.78, 5) is 11.0. The zero-order valence-corrected chi connectivity index (χ0v) is 7.78. The van der Waals surface area contributed by atoms with Crippen molar-refractivity contribution in [2.75, 3.05) is 7.11 Å². The predicted octanol–water partition coefficient (Wildman–Crippen LogP) is 1.85. The summed E-state index contributed by atoms with van der Waals surface area (Å²) in [6, 6.07) is 6.08. The normalized spacial score (nSPS) is 12.2. The molecule has 0 aliphatic rings. The summed E-state index contributed by atoms with van der Waals surface area (Å²) in [5.41, 5.74) is 0.603. The lowest BCUT2D eigenvalue weighted by molar-refractivity contribution is -0.140. The lowest BCUT2D eigenvalue weighted by Crippen LogP contribution is -2.08. The summed E-state index contributed by atoms with van der Waals surface area (Å²) in [5.74, 6) is -0.371. The van der Waals surface area contributed by atoms with Gasteiger partial charge in [-0.25, -0.2) is 0 Å². The molecule has 0 spiro atoms. The molecular formula is C9H9ClO3. The third-order valence-corrected chi connectivity index (χ3v) is 2.02. The predicted molar refractivity (Wildman–Crippen MR) is 48.7 cm³/mol. The molecular weight excluding hydrogens is 192 g/mol. The Hall–Kier alpha value is -1.22. The fraction of sp³-hybridized carbons (Fsp3) is 0.222. The maximum atomic E-state index is 11.0. The number of benzene rings is 1. The van der Waals surface area contributed by atoms with Crippen molar-refractivity contribution < 1.29 is 14.6 Å². The van der Waals surface area contributed by atoms with Gasteiger partial charge in [0.25, 0.3) is 0 Å². The molecule has 1 aromatic carbocycles. The van der Waals surface area contributed by atoms with Crippen molar-refractivity contribution in [2.24, 2.45) is 0 Å². The van der Waals surface area contributed by atoms with Crippen LogP contribution in [0.4, 0.5) is 0 Å². The molecule has 0 saturated heterocycles. The number of phenols is 1. The number of carbonyl (C=O) groups excluding carboxylic acids is 1. The molecule has 1 rings (SSSR count). The van der Waals surface area contributed by atoms with E-state index in [-0.39, 0.29) is 5.75 Å². The molecule has 70 valence electrons. The van der Waals surface area contributed by atoms with Crippen LogP contribution in [0.5, 0.6) is 5.75 Å². The minimum atomic E-state index is -0.814. The summed E-state index contributed by atoms with van der Waals surface area (Å²) in [6.07, 6.45) is 0. The van der Waals surface area contributed by atoms with Crippen molar-refractivity contribution in [3.63, 3.8) is 0 Å². The number of halogens is 1. The Kier molecular flexibility index (Phi) is 3.14. The first-order valence-corrected chi connectivity index (χ1v) is 4.09. The van der Waals surface area contributed by atoms with Crippen molar-refractivity contribution >= 4 is 17.6 Å². The molecule has 0 aromatic heterocycles. The van der Waals surface area contributed by atoms with E-state index in [0.717, 1.165) is 0 Å². The third-order valence-electron chi connectivity index (χ3n) is 1.59. The molecule has 0 amide bonds. The number of aromatic hydroxyl groups is 1. The van der Waals surface area contributed by atoms with Gasteiger partial charge in [0.1, 0.15) is 5.75 Å². The van der Waals surface area contributed by atoms with E-state index in [9.17, 15) is 4.79 Å². The summed E-state index contributed by atoms with van der Waals surface area (Å²) >= 11 is 5.75. The smallest absolute Gasteiger partial charge is 0.328 e. The van der Waals surface area contributed by atoms with Crippen LogP contribution in [-0.2, 0) is 9.53 Å². The molecule has 13 heavy (non-hydrogen) atoms. The molecule has 1 atom stereocenters. The van der Waals surface area contributed by atoms with Crippen LogP contribution in [0.25, 0.3) is 0 Å². The Morgan fingerprint density at radius 3 is 2.46 bits per heavy atom. The SMILES string of the molecule is COC(=O)C(Cl)c1ccc(O)cc1. The number of phenolic OH excluding ortho intramolecular Hbond substituents is 1. The van der Waals surface area contributed by atoms with Gasteiger partial charge in [-0.05, 0) is 17.7 Å². The zero-order valence-electron chi connectivity index (χ0n) is 7.03. The van der Waals surface area contributed by atoms with Crippen molar-refractivity contribution in [3.8, 4) is 5.75 Å². The molecule has 0 saturated carbocycles. The van der Waals surface area contributed by atoms with Gasteiger partial charge in [-0.3, -0.25) is 4.79 Å². The van der Waals surface area contributed by atoms with Crippen LogP contribution >= 0.6 is 11.6 Å². The summed E-state index contributed by atoms with van der Waals surface area (Å²) < 4.78 is 4.46. The molecule has 1 aromatic rings. The monoisotopic (exact) mass is 200 g/mol. The number of ether oxygens (including phenoxy) is 1. The third kappa shape index (κ3) is 2.36. The molecule has 3 nitrogen and oxygen atoms in total. The highest BCUT2D eigenvalue weighted by Crippen LogP contribution is 2.23. The maximum absolute atomic E-state index is 11.0. The van der Waals surface area contributed by atoms with Gasteiger partial charge in [-0.15, -0.1) is 11.6 Å². The number of carbonyl (C=O) groups is 1. The number of hydrogen-bond acceptors (Lipinski definition) is 3. The van der Waals surface area contributed by atoms with Gasteiger partial charge in [-0.2, -0.15) is 0 Å². The van der Waals surface area contributed by atoms with Crippen LogP contribution in [0.2, 0.25) is 0 Å². The Labute approximate surface area is 80.9 Å². The van der Waals surface area contributed by atoms with Crippen molar-refractivity contribution in [1.82, 2.24) is 0 Å². The quantitative estimate of drug-likeness (QED) is 0.586. The van der Waals surface area contributed by atoms with Gasteiger partial charge in [0.15, 0.2) is 5.38 Å². The highest BCUT2D eigenvalue weighted by Gasteiger charge is 2.17. The summed E-state index contributed by atoms with van der Waals surface area (Å²) in [7, 11) is 1.28. The first-order chi connectivity index (χ1) is 6.15. The lowest BCUT2D eigenvalue weighted by atomic mass is 10.1. The van der Waals surface area contributed by atoms with Crippen molar-refractivity contribution in [2.45, 2.75) is 5.38 Å². The first-order valence-electron chi connectivity index (χ1n) is 3.66. The topological polar surface area (TPSA) is 46.5 Å². The second-order valence-corrected chi connectivity index (χ2v) is 2.91.